The zero-order valence-corrected chi connectivity index (χ0v) is 6.23. The highest BCUT2D eigenvalue weighted by atomic mass is 32.1. The first kappa shape index (κ1) is 6.70. The molecule has 2 N–H and O–H groups in total. The van der Waals surface area contributed by atoms with Crippen molar-refractivity contribution in [1.29, 1.82) is 0 Å². The third kappa shape index (κ3) is 1.49. The second-order valence-electron chi connectivity index (χ2n) is 1.44. The second kappa shape index (κ2) is 2.45. The van der Waals surface area contributed by atoms with E-state index in [9.17, 15) is 0 Å². The van der Waals surface area contributed by atoms with Crippen LogP contribution < -0.4 is 5.73 Å². The minimum Gasteiger partial charge on any atom is -0.368 e. The van der Waals surface area contributed by atoms with Crippen LogP contribution in [0.5, 0.6) is 0 Å². The van der Waals surface area contributed by atoms with Gasteiger partial charge in [-0.15, -0.1) is 25.3 Å². The second-order valence-corrected chi connectivity index (χ2v) is 2.34. The molecule has 0 spiro atoms. The maximum atomic E-state index is 5.22. The Bertz CT molecular complexity index is 225. The van der Waals surface area contributed by atoms with Crippen LogP contribution in [0.15, 0.2) is 16.1 Å². The minimum atomic E-state index is 0.220. The summed E-state index contributed by atoms with van der Waals surface area (Å²) in [4.78, 5) is 8.04. The van der Waals surface area contributed by atoms with E-state index in [1.165, 1.54) is 6.20 Å². The maximum Gasteiger partial charge on any atom is 0.221 e. The van der Waals surface area contributed by atoms with Gasteiger partial charge in [-0.3, -0.25) is 0 Å². The summed E-state index contributed by atoms with van der Waals surface area (Å²) in [7, 11) is 0. The summed E-state index contributed by atoms with van der Waals surface area (Å²) < 4.78 is 0. The molecule has 0 atom stereocenters. The molecule has 0 aromatic carbocycles. The van der Waals surface area contributed by atoms with Crippen molar-refractivity contribution in [3.63, 3.8) is 0 Å². The van der Waals surface area contributed by atoms with Gasteiger partial charge in [0.25, 0.3) is 0 Å². The normalized spacial score (nSPS) is 9.56. The molecule has 0 amide bonds. The fourth-order valence-corrected chi connectivity index (χ4v) is 0.648. The van der Waals surface area contributed by atoms with Gasteiger partial charge in [-0.1, -0.05) is 0 Å². The van der Waals surface area contributed by atoms with Crippen molar-refractivity contribution in [2.45, 2.75) is 9.92 Å². The zero-order valence-electron chi connectivity index (χ0n) is 4.44. The van der Waals surface area contributed by atoms with Gasteiger partial charge < -0.3 is 5.73 Å². The SMILES string of the molecule is Nc1ncc(S)c(S)n1. The lowest BCUT2D eigenvalue weighted by Crippen LogP contribution is -1.94. The van der Waals surface area contributed by atoms with Gasteiger partial charge in [0.1, 0.15) is 5.03 Å². The molecule has 0 aliphatic rings. The number of hydrogen-bond acceptors (Lipinski definition) is 5. The highest BCUT2D eigenvalue weighted by Crippen LogP contribution is 2.13. The number of nitrogens with two attached hydrogens (primary N) is 1. The molecule has 0 fully saturated rings. The average Bonchev–Trinajstić information content (AvgIpc) is 1.80. The van der Waals surface area contributed by atoms with Crippen molar-refractivity contribution < 1.29 is 0 Å². The summed E-state index contributed by atoms with van der Waals surface area (Å²) in [6, 6.07) is 0. The van der Waals surface area contributed by atoms with Crippen molar-refractivity contribution in [3.05, 3.63) is 6.20 Å². The Balaban J connectivity index is 3.17. The van der Waals surface area contributed by atoms with Gasteiger partial charge in [0.2, 0.25) is 5.95 Å². The first-order chi connectivity index (χ1) is 4.20. The van der Waals surface area contributed by atoms with Crippen LogP contribution in [0.3, 0.4) is 0 Å². The van der Waals surface area contributed by atoms with Crippen LogP contribution in [0.1, 0.15) is 0 Å². The monoisotopic (exact) mass is 159 g/mol. The summed E-state index contributed by atoms with van der Waals surface area (Å²) in [6.45, 7) is 0. The summed E-state index contributed by atoms with van der Waals surface area (Å²) in [5, 5.41) is 0.505. The number of nitrogens with zero attached hydrogens (tertiary/aromatic N) is 2. The Morgan fingerprint density at radius 2 is 2.11 bits per heavy atom. The smallest absolute Gasteiger partial charge is 0.221 e. The van der Waals surface area contributed by atoms with Crippen LogP contribution in [0.4, 0.5) is 5.95 Å². The highest BCUT2D eigenvalue weighted by Gasteiger charge is 1.94. The predicted molar refractivity (Wildman–Crippen MR) is 40.9 cm³/mol. The van der Waals surface area contributed by atoms with Crippen molar-refractivity contribution in [2.24, 2.45) is 0 Å². The van der Waals surface area contributed by atoms with Gasteiger partial charge in [0, 0.05) is 6.20 Å². The molecule has 1 aromatic heterocycles. The van der Waals surface area contributed by atoms with Crippen molar-refractivity contribution in [2.75, 3.05) is 5.73 Å². The fraction of sp³-hybridized carbons (Fsp3) is 0. The molecule has 1 aromatic rings. The lowest BCUT2D eigenvalue weighted by atomic mass is 10.7. The topological polar surface area (TPSA) is 51.8 Å². The first-order valence-corrected chi connectivity index (χ1v) is 3.10. The molecule has 48 valence electrons. The predicted octanol–water partition coefficient (Wildman–Crippen LogP) is 0.636. The van der Waals surface area contributed by atoms with E-state index in [1.807, 2.05) is 0 Å². The van der Waals surface area contributed by atoms with Gasteiger partial charge >= 0.3 is 0 Å². The molecule has 0 saturated heterocycles. The molecule has 9 heavy (non-hydrogen) atoms. The molecule has 0 radical (unpaired) electrons. The van der Waals surface area contributed by atoms with E-state index < -0.39 is 0 Å². The van der Waals surface area contributed by atoms with Crippen LogP contribution in [0.25, 0.3) is 0 Å². The summed E-state index contributed by atoms with van der Waals surface area (Å²) in [5.41, 5.74) is 5.22. The van der Waals surface area contributed by atoms with Crippen molar-refractivity contribution >= 4 is 31.2 Å². The number of aromatic nitrogens is 2. The minimum absolute atomic E-state index is 0.220. The Morgan fingerprint density at radius 3 is 2.56 bits per heavy atom. The van der Waals surface area contributed by atoms with Gasteiger partial charge in [-0.05, 0) is 0 Å². The van der Waals surface area contributed by atoms with Crippen LogP contribution in [0, 0.1) is 0 Å². The summed E-state index contributed by atoms with van der Waals surface area (Å²) in [6.07, 6.45) is 1.51. The number of thiol groups is 2. The van der Waals surface area contributed by atoms with Gasteiger partial charge in [-0.25, -0.2) is 9.97 Å². The quantitative estimate of drug-likeness (QED) is 0.384. The molecule has 3 nitrogen and oxygen atoms in total. The third-order valence-electron chi connectivity index (χ3n) is 0.769. The van der Waals surface area contributed by atoms with Gasteiger partial charge in [-0.2, -0.15) is 0 Å². The molecule has 0 saturated carbocycles. The van der Waals surface area contributed by atoms with Crippen molar-refractivity contribution in [3.8, 4) is 0 Å². The van der Waals surface area contributed by atoms with E-state index in [2.05, 4.69) is 35.2 Å². The van der Waals surface area contributed by atoms with Gasteiger partial charge in [0.15, 0.2) is 0 Å². The van der Waals surface area contributed by atoms with E-state index in [4.69, 9.17) is 5.73 Å². The van der Waals surface area contributed by atoms with Crippen molar-refractivity contribution in [1.82, 2.24) is 9.97 Å². The molecular weight excluding hydrogens is 154 g/mol. The standard InChI is InChI=1S/C4H5N3S2/c5-4-6-1-2(8)3(9)7-4/h1,8H,(H3,5,6,7,9). The largest absolute Gasteiger partial charge is 0.368 e. The third-order valence-corrected chi connectivity index (χ3v) is 1.61. The number of hydrogen-bond donors (Lipinski definition) is 3. The number of nitrogen functional groups attached to an aromatic ring is 1. The Hall–Kier alpha value is -0.420. The zero-order chi connectivity index (χ0) is 6.85. The molecule has 0 aliphatic carbocycles. The average molecular weight is 159 g/mol. The molecule has 1 rings (SSSR count). The lowest BCUT2D eigenvalue weighted by molar-refractivity contribution is 0.985. The van der Waals surface area contributed by atoms with Gasteiger partial charge in [0.05, 0.1) is 4.90 Å². The Morgan fingerprint density at radius 1 is 1.44 bits per heavy atom. The lowest BCUT2D eigenvalue weighted by Gasteiger charge is -1.94. The van der Waals surface area contributed by atoms with Crippen LogP contribution in [0.2, 0.25) is 0 Å². The summed E-state index contributed by atoms with van der Waals surface area (Å²) >= 11 is 7.95. The molecule has 0 unspecified atom stereocenters. The molecular formula is C4H5N3S2. The van der Waals surface area contributed by atoms with E-state index >= 15 is 0 Å². The van der Waals surface area contributed by atoms with Crippen LogP contribution in [-0.2, 0) is 0 Å². The fourth-order valence-electron chi connectivity index (χ4n) is 0.380. The Labute approximate surface area is 63.5 Å². The van der Waals surface area contributed by atoms with Crippen LogP contribution in [-0.4, -0.2) is 9.97 Å². The molecule has 0 aliphatic heterocycles. The molecule has 0 bridgehead atoms. The first-order valence-electron chi connectivity index (χ1n) is 2.20. The van der Waals surface area contributed by atoms with E-state index in [0.29, 0.717) is 9.92 Å². The maximum absolute atomic E-state index is 5.22. The number of anilines is 1. The Kier molecular flexibility index (Phi) is 1.82. The molecule has 5 heteroatoms. The molecule has 1 heterocycles. The number of rotatable bonds is 0. The van der Waals surface area contributed by atoms with E-state index in [0.717, 1.165) is 0 Å². The summed E-state index contributed by atoms with van der Waals surface area (Å²) in [5.74, 6) is 0.220. The highest BCUT2D eigenvalue weighted by molar-refractivity contribution is 7.83. The van der Waals surface area contributed by atoms with Crippen LogP contribution >= 0.6 is 25.3 Å². The van der Waals surface area contributed by atoms with E-state index in [1.54, 1.807) is 0 Å². The van der Waals surface area contributed by atoms with E-state index in [-0.39, 0.29) is 5.95 Å².